The Balaban J connectivity index is 0.000000686. The molecule has 0 nitrogen and oxygen atoms in total. The van der Waals surface area contributed by atoms with Gasteiger partial charge in [0.05, 0.1) is 0 Å². The lowest BCUT2D eigenvalue weighted by Gasteiger charge is -2.10. The van der Waals surface area contributed by atoms with Crippen molar-refractivity contribution in [1.29, 1.82) is 0 Å². The van der Waals surface area contributed by atoms with Gasteiger partial charge in [0.15, 0.2) is 0 Å². The summed E-state index contributed by atoms with van der Waals surface area (Å²) in [6.07, 6.45) is 1.09. The molecule has 2 aromatic carbocycles. The molecule has 0 spiro atoms. The van der Waals surface area contributed by atoms with Gasteiger partial charge in [0.2, 0.25) is 0 Å². The first-order valence-corrected chi connectivity index (χ1v) is 6.47. The summed E-state index contributed by atoms with van der Waals surface area (Å²) in [6.45, 7) is 8.37. The third-order valence-electron chi connectivity index (χ3n) is 2.83. The first-order chi connectivity index (χ1) is 8.33. The molecule has 0 aliphatic carbocycles. The second kappa shape index (κ2) is 6.90. The van der Waals surface area contributed by atoms with Crippen LogP contribution in [0.5, 0.6) is 0 Å². The second-order valence-corrected chi connectivity index (χ2v) is 3.83. The van der Waals surface area contributed by atoms with E-state index in [-0.39, 0.29) is 0 Å². The topological polar surface area (TPSA) is 0 Å². The molecule has 2 aromatic rings. The Kier molecular flexibility index (Phi) is 5.48. The summed E-state index contributed by atoms with van der Waals surface area (Å²) >= 11 is 0. The van der Waals surface area contributed by atoms with E-state index < -0.39 is 0 Å². The van der Waals surface area contributed by atoms with Crippen molar-refractivity contribution in [1.82, 2.24) is 0 Å². The van der Waals surface area contributed by atoms with E-state index in [0.29, 0.717) is 0 Å². The highest BCUT2D eigenvalue weighted by Gasteiger charge is 2.04. The van der Waals surface area contributed by atoms with Crippen LogP contribution < -0.4 is 0 Å². The highest BCUT2D eigenvalue weighted by Crippen LogP contribution is 2.26. The maximum atomic E-state index is 2.21. The molecule has 90 valence electrons. The summed E-state index contributed by atoms with van der Waals surface area (Å²) in [6, 6.07) is 17.2. The average molecular weight is 226 g/mol. The van der Waals surface area contributed by atoms with Gasteiger partial charge in [0, 0.05) is 0 Å². The SMILES string of the molecule is CC.CCc1ccccc1-c1ccccc1C. The molecule has 0 aromatic heterocycles. The molecule has 0 atom stereocenters. The van der Waals surface area contributed by atoms with Gasteiger partial charge in [-0.1, -0.05) is 69.3 Å². The van der Waals surface area contributed by atoms with Gasteiger partial charge in [-0.2, -0.15) is 0 Å². The van der Waals surface area contributed by atoms with Crippen molar-refractivity contribution in [2.24, 2.45) is 0 Å². The Bertz CT molecular complexity index is 455. The standard InChI is InChI=1S/C15H16.C2H6/c1-3-13-9-5-7-11-15(13)14-10-6-4-8-12(14)2;1-2/h4-11H,3H2,1-2H3;1-2H3. The maximum absolute atomic E-state index is 2.21. The van der Waals surface area contributed by atoms with Crippen LogP contribution in [-0.4, -0.2) is 0 Å². The van der Waals surface area contributed by atoms with Gasteiger partial charge in [0.1, 0.15) is 0 Å². The second-order valence-electron chi connectivity index (χ2n) is 3.83. The van der Waals surface area contributed by atoms with Crippen molar-refractivity contribution < 1.29 is 0 Å². The average Bonchev–Trinajstić information content (AvgIpc) is 2.41. The Labute approximate surface area is 105 Å². The first kappa shape index (κ1) is 13.5. The van der Waals surface area contributed by atoms with Crippen molar-refractivity contribution in [2.75, 3.05) is 0 Å². The minimum Gasteiger partial charge on any atom is -0.0683 e. The molecule has 0 heterocycles. The summed E-state index contributed by atoms with van der Waals surface area (Å²) in [7, 11) is 0. The van der Waals surface area contributed by atoms with Crippen molar-refractivity contribution in [3.63, 3.8) is 0 Å². The summed E-state index contributed by atoms with van der Waals surface area (Å²) in [5, 5.41) is 0. The molecule has 0 saturated carbocycles. The summed E-state index contributed by atoms with van der Waals surface area (Å²) < 4.78 is 0. The van der Waals surface area contributed by atoms with Crippen LogP contribution in [0.2, 0.25) is 0 Å². The van der Waals surface area contributed by atoms with E-state index in [0.717, 1.165) is 6.42 Å². The van der Waals surface area contributed by atoms with E-state index in [1.54, 1.807) is 0 Å². The highest BCUT2D eigenvalue weighted by molar-refractivity contribution is 5.70. The Morgan fingerprint density at radius 2 is 1.29 bits per heavy atom. The minimum atomic E-state index is 1.09. The Hall–Kier alpha value is -1.56. The number of hydrogen-bond acceptors (Lipinski definition) is 0. The van der Waals surface area contributed by atoms with Crippen LogP contribution in [0.3, 0.4) is 0 Å². The van der Waals surface area contributed by atoms with Crippen LogP contribution >= 0.6 is 0 Å². The largest absolute Gasteiger partial charge is 0.0683 e. The van der Waals surface area contributed by atoms with E-state index in [9.17, 15) is 0 Å². The fraction of sp³-hybridized carbons (Fsp3) is 0.294. The van der Waals surface area contributed by atoms with Gasteiger partial charge < -0.3 is 0 Å². The van der Waals surface area contributed by atoms with Gasteiger partial charge in [-0.3, -0.25) is 0 Å². The van der Waals surface area contributed by atoms with E-state index in [4.69, 9.17) is 0 Å². The molecular weight excluding hydrogens is 204 g/mol. The molecular formula is C17H22. The van der Waals surface area contributed by atoms with E-state index in [1.165, 1.54) is 22.3 Å². The Morgan fingerprint density at radius 3 is 1.88 bits per heavy atom. The summed E-state index contributed by atoms with van der Waals surface area (Å²) in [5.41, 5.74) is 5.50. The van der Waals surface area contributed by atoms with Gasteiger partial charge >= 0.3 is 0 Å². The maximum Gasteiger partial charge on any atom is -0.0149 e. The zero-order valence-electron chi connectivity index (χ0n) is 11.3. The quantitative estimate of drug-likeness (QED) is 0.656. The molecule has 0 radical (unpaired) electrons. The predicted molar refractivity (Wildman–Crippen MR) is 77.3 cm³/mol. The smallest absolute Gasteiger partial charge is 0.0149 e. The zero-order chi connectivity index (χ0) is 12.7. The van der Waals surface area contributed by atoms with Gasteiger partial charge in [-0.05, 0) is 35.6 Å². The van der Waals surface area contributed by atoms with Crippen LogP contribution in [-0.2, 0) is 6.42 Å². The zero-order valence-corrected chi connectivity index (χ0v) is 11.3. The van der Waals surface area contributed by atoms with Crippen LogP contribution in [0.15, 0.2) is 48.5 Å². The lowest BCUT2D eigenvalue weighted by molar-refractivity contribution is 1.14. The fourth-order valence-corrected chi connectivity index (χ4v) is 1.97. The highest BCUT2D eigenvalue weighted by atomic mass is 14.1. The normalized spacial score (nSPS) is 9.41. The predicted octanol–water partition coefficient (Wildman–Crippen LogP) is 5.25. The van der Waals surface area contributed by atoms with Crippen LogP contribution in [0.1, 0.15) is 31.9 Å². The van der Waals surface area contributed by atoms with Gasteiger partial charge in [0.25, 0.3) is 0 Å². The summed E-state index contributed by atoms with van der Waals surface area (Å²) in [4.78, 5) is 0. The van der Waals surface area contributed by atoms with Crippen LogP contribution in [0, 0.1) is 6.92 Å². The molecule has 2 rings (SSSR count). The van der Waals surface area contributed by atoms with Crippen molar-refractivity contribution in [2.45, 2.75) is 34.1 Å². The first-order valence-electron chi connectivity index (χ1n) is 6.47. The fourth-order valence-electron chi connectivity index (χ4n) is 1.97. The Morgan fingerprint density at radius 1 is 0.765 bits per heavy atom. The molecule has 0 heteroatoms. The third kappa shape index (κ3) is 3.20. The molecule has 0 unspecified atom stereocenters. The lowest BCUT2D eigenvalue weighted by Crippen LogP contribution is -1.89. The number of rotatable bonds is 2. The molecule has 0 amide bonds. The lowest BCUT2D eigenvalue weighted by atomic mass is 9.95. The van der Waals surface area contributed by atoms with E-state index in [1.807, 2.05) is 13.8 Å². The van der Waals surface area contributed by atoms with Crippen LogP contribution in [0.4, 0.5) is 0 Å². The number of hydrogen-bond donors (Lipinski definition) is 0. The molecule has 17 heavy (non-hydrogen) atoms. The van der Waals surface area contributed by atoms with E-state index in [2.05, 4.69) is 62.4 Å². The van der Waals surface area contributed by atoms with Gasteiger partial charge in [-0.25, -0.2) is 0 Å². The van der Waals surface area contributed by atoms with Crippen molar-refractivity contribution in [3.8, 4) is 11.1 Å². The van der Waals surface area contributed by atoms with E-state index >= 15 is 0 Å². The molecule has 0 fully saturated rings. The van der Waals surface area contributed by atoms with Crippen LogP contribution in [0.25, 0.3) is 11.1 Å². The summed E-state index contributed by atoms with van der Waals surface area (Å²) in [5.74, 6) is 0. The minimum absolute atomic E-state index is 1.09. The monoisotopic (exact) mass is 226 g/mol. The number of aryl methyl sites for hydroxylation is 2. The third-order valence-corrected chi connectivity index (χ3v) is 2.83. The molecule has 0 aliphatic rings. The number of benzene rings is 2. The molecule has 0 bridgehead atoms. The molecule has 0 saturated heterocycles. The van der Waals surface area contributed by atoms with Gasteiger partial charge in [-0.15, -0.1) is 0 Å². The van der Waals surface area contributed by atoms with Crippen molar-refractivity contribution >= 4 is 0 Å². The van der Waals surface area contributed by atoms with Crippen molar-refractivity contribution in [3.05, 3.63) is 59.7 Å². The molecule has 0 N–H and O–H groups in total. The molecule has 0 aliphatic heterocycles.